The number of carbonyl (C=O) groups excluding carboxylic acids is 1. The largest absolute Gasteiger partial charge is 0.481 e. The highest BCUT2D eigenvalue weighted by molar-refractivity contribution is 5.82. The molecule has 2 aliphatic rings. The number of methoxy groups -OCH3 is 1. The van der Waals surface area contributed by atoms with Gasteiger partial charge in [-0.05, 0) is 60.6 Å². The van der Waals surface area contributed by atoms with E-state index in [0.717, 1.165) is 47.7 Å². The Hall–Kier alpha value is -4.51. The van der Waals surface area contributed by atoms with Crippen LogP contribution in [0.15, 0.2) is 71.7 Å². The van der Waals surface area contributed by atoms with Gasteiger partial charge in [-0.25, -0.2) is 9.97 Å². The number of nitrogens with one attached hydrogen (secondary N) is 1. The number of pyridine rings is 1. The van der Waals surface area contributed by atoms with E-state index in [9.17, 15) is 27.9 Å². The lowest BCUT2D eigenvalue weighted by Crippen LogP contribution is -2.36. The van der Waals surface area contributed by atoms with Crippen molar-refractivity contribution in [2.75, 3.05) is 13.7 Å². The normalized spacial score (nSPS) is 16.6. The third-order valence-corrected chi connectivity index (χ3v) is 8.26. The first-order chi connectivity index (χ1) is 20.6. The van der Waals surface area contributed by atoms with Crippen LogP contribution in [0.1, 0.15) is 59.1 Å². The number of aliphatic hydroxyl groups is 1. The predicted molar refractivity (Wildman–Crippen MR) is 151 cm³/mol. The maximum Gasteiger partial charge on any atom is 0.416 e. The molecule has 0 saturated heterocycles. The minimum Gasteiger partial charge on any atom is -0.481 e. The lowest BCUT2D eigenvalue weighted by atomic mass is 9.91. The molecule has 1 amide bonds. The van der Waals surface area contributed by atoms with Crippen LogP contribution in [0.25, 0.3) is 11.1 Å². The number of halogens is 3. The van der Waals surface area contributed by atoms with E-state index in [0.29, 0.717) is 35.8 Å². The van der Waals surface area contributed by atoms with Gasteiger partial charge in [-0.2, -0.15) is 13.2 Å². The number of carbonyl (C=O) groups is 1. The predicted octanol–water partition coefficient (Wildman–Crippen LogP) is 4.95. The summed E-state index contributed by atoms with van der Waals surface area (Å²) in [5.74, 6) is 0.333. The molecular weight excluding hydrogens is 561 g/mol. The second-order valence-electron chi connectivity index (χ2n) is 11.0. The lowest BCUT2D eigenvalue weighted by Gasteiger charge is -2.24. The molecule has 1 aliphatic heterocycles. The average molecular weight is 591 g/mol. The van der Waals surface area contributed by atoms with Crippen molar-refractivity contribution >= 4 is 5.91 Å². The Morgan fingerprint density at radius 2 is 1.88 bits per heavy atom. The molecule has 43 heavy (non-hydrogen) atoms. The number of aromatic amines is 1. The second-order valence-corrected chi connectivity index (χ2v) is 11.0. The van der Waals surface area contributed by atoms with Crippen LogP contribution in [0, 0.1) is 0 Å². The third kappa shape index (κ3) is 5.52. The van der Waals surface area contributed by atoms with Crippen molar-refractivity contribution in [1.29, 1.82) is 0 Å². The molecule has 0 radical (unpaired) electrons. The van der Waals surface area contributed by atoms with Gasteiger partial charge in [-0.15, -0.1) is 0 Å². The maximum atomic E-state index is 13.4. The van der Waals surface area contributed by atoms with Gasteiger partial charge in [0.25, 0.3) is 11.5 Å². The van der Waals surface area contributed by atoms with Crippen LogP contribution in [0.3, 0.4) is 0 Å². The first-order valence-electron chi connectivity index (χ1n) is 14.0. The number of hydrogen-bond donors (Lipinski definition) is 2. The number of amides is 1. The number of aromatic nitrogens is 3. The van der Waals surface area contributed by atoms with Gasteiger partial charge in [0.2, 0.25) is 5.88 Å². The van der Waals surface area contributed by atoms with Crippen molar-refractivity contribution in [2.24, 2.45) is 0 Å². The fraction of sp³-hybridized carbons (Fsp3) is 0.312. The van der Waals surface area contributed by atoms with Crippen LogP contribution < -0.4 is 10.3 Å². The number of hydrogen-bond acceptors (Lipinski definition) is 6. The molecule has 8 nitrogen and oxygen atoms in total. The van der Waals surface area contributed by atoms with E-state index in [1.807, 2.05) is 24.3 Å². The van der Waals surface area contributed by atoms with Gasteiger partial charge in [0.05, 0.1) is 35.9 Å². The summed E-state index contributed by atoms with van der Waals surface area (Å²) in [4.78, 5) is 40.1. The summed E-state index contributed by atoms with van der Waals surface area (Å²) in [7, 11) is 1.56. The highest BCUT2D eigenvalue weighted by Crippen LogP contribution is 2.52. The standard InChI is InChI=1S/C32H29F3N4O4/c1-43-26-11-10-21(17-36-26)19-5-2-7-22(15-19)31(12-13-31)30-37-25-9-4-14-39(18-24(25)28(41)38-30)29(42)27(40)20-6-3-8-23(16-20)32(33,34)35/h2-3,5-8,10-11,15-17,27,40H,4,9,12-14,18H2,1H3,(H,37,38,41)/t27-/m1/s1. The summed E-state index contributed by atoms with van der Waals surface area (Å²) < 4.78 is 44.7. The summed E-state index contributed by atoms with van der Waals surface area (Å²) in [6.07, 6.45) is -2.10. The van der Waals surface area contributed by atoms with E-state index < -0.39 is 29.2 Å². The fourth-order valence-electron chi connectivity index (χ4n) is 5.69. The number of alkyl halides is 3. The zero-order chi connectivity index (χ0) is 30.4. The summed E-state index contributed by atoms with van der Waals surface area (Å²) in [6, 6.07) is 15.9. The van der Waals surface area contributed by atoms with E-state index in [4.69, 9.17) is 9.72 Å². The molecule has 0 spiro atoms. The monoisotopic (exact) mass is 590 g/mol. The number of aliphatic hydroxyl groups excluding tert-OH is 1. The zero-order valence-electron chi connectivity index (χ0n) is 23.3. The van der Waals surface area contributed by atoms with Crippen LogP contribution in [0.2, 0.25) is 0 Å². The van der Waals surface area contributed by atoms with Crippen LogP contribution in [-0.4, -0.2) is 44.5 Å². The van der Waals surface area contributed by atoms with Crippen LogP contribution in [0.5, 0.6) is 5.88 Å². The highest BCUT2D eigenvalue weighted by atomic mass is 19.4. The molecule has 2 aromatic heterocycles. The van der Waals surface area contributed by atoms with E-state index in [2.05, 4.69) is 16.0 Å². The molecule has 1 aliphatic carbocycles. The van der Waals surface area contributed by atoms with Crippen molar-refractivity contribution in [3.05, 3.63) is 111 Å². The van der Waals surface area contributed by atoms with Crippen LogP contribution in [0.4, 0.5) is 13.2 Å². The Balaban J connectivity index is 1.25. The smallest absolute Gasteiger partial charge is 0.416 e. The topological polar surface area (TPSA) is 108 Å². The first-order valence-corrected chi connectivity index (χ1v) is 14.0. The molecule has 1 saturated carbocycles. The van der Waals surface area contributed by atoms with Crippen molar-refractivity contribution < 1.29 is 27.8 Å². The third-order valence-electron chi connectivity index (χ3n) is 8.26. The van der Waals surface area contributed by atoms with Gasteiger partial charge in [0.15, 0.2) is 6.10 Å². The molecule has 0 unspecified atom stereocenters. The number of rotatable bonds is 6. The van der Waals surface area contributed by atoms with Gasteiger partial charge in [-0.3, -0.25) is 9.59 Å². The minimum atomic E-state index is -4.61. The summed E-state index contributed by atoms with van der Waals surface area (Å²) in [5, 5.41) is 10.7. The van der Waals surface area contributed by atoms with Crippen molar-refractivity contribution in [3.63, 3.8) is 0 Å². The average Bonchev–Trinajstić information content (AvgIpc) is 3.85. The molecule has 1 atom stereocenters. The molecule has 11 heteroatoms. The van der Waals surface area contributed by atoms with Gasteiger partial charge in [0, 0.05) is 24.4 Å². The molecule has 2 N–H and O–H groups in total. The minimum absolute atomic E-state index is 0.0975. The summed E-state index contributed by atoms with van der Waals surface area (Å²) in [6.45, 7) is 0.128. The molecule has 1 fully saturated rings. The molecule has 3 heterocycles. The van der Waals surface area contributed by atoms with Gasteiger partial charge in [0.1, 0.15) is 5.82 Å². The van der Waals surface area contributed by atoms with Gasteiger partial charge in [-0.1, -0.05) is 36.4 Å². The van der Waals surface area contributed by atoms with Crippen LogP contribution in [-0.2, 0) is 29.4 Å². The number of H-pyrrole nitrogens is 1. The highest BCUT2D eigenvalue weighted by Gasteiger charge is 2.49. The molecule has 222 valence electrons. The lowest BCUT2D eigenvalue weighted by molar-refractivity contribution is -0.142. The first kappa shape index (κ1) is 28.6. The Morgan fingerprint density at radius 3 is 2.58 bits per heavy atom. The number of fused-ring (bicyclic) bond motifs is 1. The molecular formula is C32H29F3N4O4. The number of ether oxygens (including phenoxy) is 1. The summed E-state index contributed by atoms with van der Waals surface area (Å²) >= 11 is 0. The maximum absolute atomic E-state index is 13.4. The fourth-order valence-corrected chi connectivity index (χ4v) is 5.69. The SMILES string of the molecule is COc1ccc(-c2cccc(C3(c4nc5c(c(=O)[nH]4)CN(C(=O)[C@H](O)c4cccc(C(F)(F)F)c4)CCC5)CC3)c2)cn1. The zero-order valence-corrected chi connectivity index (χ0v) is 23.3. The van der Waals surface area contributed by atoms with E-state index >= 15 is 0 Å². The molecule has 2 aromatic carbocycles. The molecule has 0 bridgehead atoms. The van der Waals surface area contributed by atoms with Gasteiger partial charge >= 0.3 is 6.18 Å². The Kier molecular flexibility index (Phi) is 7.29. The Bertz CT molecular complexity index is 1730. The van der Waals surface area contributed by atoms with Gasteiger partial charge < -0.3 is 19.7 Å². The second kappa shape index (κ2) is 11.0. The quantitative estimate of drug-likeness (QED) is 0.329. The van der Waals surface area contributed by atoms with E-state index in [1.165, 1.54) is 11.0 Å². The van der Waals surface area contributed by atoms with Crippen molar-refractivity contribution in [1.82, 2.24) is 19.9 Å². The Labute approximate surface area is 245 Å². The van der Waals surface area contributed by atoms with E-state index in [-0.39, 0.29) is 24.2 Å². The molecule has 4 aromatic rings. The van der Waals surface area contributed by atoms with Crippen LogP contribution >= 0.6 is 0 Å². The number of nitrogens with zero attached hydrogens (tertiary/aromatic N) is 3. The number of benzene rings is 2. The number of aryl methyl sites for hydroxylation is 1. The van der Waals surface area contributed by atoms with Crippen molar-refractivity contribution in [2.45, 2.75) is 49.9 Å². The summed E-state index contributed by atoms with van der Waals surface area (Å²) in [5.41, 5.74) is 1.92. The molecule has 6 rings (SSSR count). The van der Waals surface area contributed by atoms with Crippen molar-refractivity contribution in [3.8, 4) is 17.0 Å². The Morgan fingerprint density at radius 1 is 1.09 bits per heavy atom. The van der Waals surface area contributed by atoms with E-state index in [1.54, 1.807) is 19.4 Å².